The van der Waals surface area contributed by atoms with Gasteiger partial charge in [-0.05, 0) is 46.3 Å². The lowest BCUT2D eigenvalue weighted by Crippen LogP contribution is -2.52. The first-order valence-electron chi connectivity index (χ1n) is 9.49. The number of guanidine groups is 1. The summed E-state index contributed by atoms with van der Waals surface area (Å²) in [6, 6.07) is 4.65. The highest BCUT2D eigenvalue weighted by atomic mass is 32.1. The predicted molar refractivity (Wildman–Crippen MR) is 111 cm³/mol. The van der Waals surface area contributed by atoms with Crippen molar-refractivity contribution >= 4 is 17.3 Å². The van der Waals surface area contributed by atoms with Gasteiger partial charge in [-0.25, -0.2) is 0 Å². The standard InChI is InChI=1S/C19H35N5OS/c1-6-20-18(21-14-16(23(4)5)17-8-7-13-26-17)22-15-19(2,3)24-9-11-25-12-10-24/h7-8,13,16H,6,9-12,14-15H2,1-5H3,(H2,20,21,22). The smallest absolute Gasteiger partial charge is 0.191 e. The number of likely N-dealkylation sites (N-methyl/N-ethyl adjacent to an activating group) is 1. The first-order valence-corrected chi connectivity index (χ1v) is 10.4. The lowest BCUT2D eigenvalue weighted by Gasteiger charge is -2.40. The lowest BCUT2D eigenvalue weighted by atomic mass is 10.0. The zero-order valence-electron chi connectivity index (χ0n) is 16.9. The molecule has 1 aliphatic rings. The Morgan fingerprint density at radius 3 is 2.65 bits per heavy atom. The SMILES string of the molecule is CCNC(=NCC(C)(C)N1CCOCC1)NCC(c1cccs1)N(C)C. The summed E-state index contributed by atoms with van der Waals surface area (Å²) in [6.45, 7) is 12.7. The van der Waals surface area contributed by atoms with Crippen LogP contribution in [0.15, 0.2) is 22.5 Å². The van der Waals surface area contributed by atoms with E-state index in [4.69, 9.17) is 9.73 Å². The van der Waals surface area contributed by atoms with E-state index >= 15 is 0 Å². The number of morpholine rings is 1. The van der Waals surface area contributed by atoms with E-state index in [2.05, 4.69) is 72.8 Å². The normalized spacial score (nSPS) is 18.2. The van der Waals surface area contributed by atoms with Gasteiger partial charge in [0.15, 0.2) is 5.96 Å². The Balaban J connectivity index is 1.96. The van der Waals surface area contributed by atoms with Crippen LogP contribution in [-0.4, -0.2) is 81.3 Å². The summed E-state index contributed by atoms with van der Waals surface area (Å²) in [5, 5.41) is 9.04. The van der Waals surface area contributed by atoms with Crippen molar-refractivity contribution < 1.29 is 4.74 Å². The topological polar surface area (TPSA) is 52.1 Å². The Bertz CT molecular complexity index is 538. The second-order valence-electron chi connectivity index (χ2n) is 7.48. The van der Waals surface area contributed by atoms with Crippen LogP contribution in [0.25, 0.3) is 0 Å². The molecule has 1 atom stereocenters. The van der Waals surface area contributed by atoms with Crippen molar-refractivity contribution in [3.63, 3.8) is 0 Å². The van der Waals surface area contributed by atoms with Crippen LogP contribution in [0.3, 0.4) is 0 Å². The minimum atomic E-state index is 0.0286. The molecule has 0 radical (unpaired) electrons. The van der Waals surface area contributed by atoms with Gasteiger partial charge in [-0.1, -0.05) is 6.07 Å². The Hall–Kier alpha value is -1.15. The monoisotopic (exact) mass is 381 g/mol. The minimum Gasteiger partial charge on any atom is -0.379 e. The molecular weight excluding hydrogens is 346 g/mol. The third-order valence-electron chi connectivity index (χ3n) is 4.79. The first kappa shape index (κ1) is 21.2. The van der Waals surface area contributed by atoms with E-state index in [0.717, 1.165) is 51.9 Å². The molecule has 7 heteroatoms. The van der Waals surface area contributed by atoms with Crippen LogP contribution in [0.4, 0.5) is 0 Å². The molecule has 148 valence electrons. The number of rotatable bonds is 8. The molecule has 26 heavy (non-hydrogen) atoms. The highest BCUT2D eigenvalue weighted by Crippen LogP contribution is 2.22. The summed E-state index contributed by atoms with van der Waals surface area (Å²) in [6.07, 6.45) is 0. The van der Waals surface area contributed by atoms with Gasteiger partial charge >= 0.3 is 0 Å². The summed E-state index contributed by atoms with van der Waals surface area (Å²) in [7, 11) is 4.25. The van der Waals surface area contributed by atoms with E-state index < -0.39 is 0 Å². The van der Waals surface area contributed by atoms with Crippen molar-refractivity contribution in [1.29, 1.82) is 0 Å². The maximum atomic E-state index is 5.48. The molecule has 1 aromatic rings. The highest BCUT2D eigenvalue weighted by molar-refractivity contribution is 7.10. The van der Waals surface area contributed by atoms with Crippen LogP contribution < -0.4 is 10.6 Å². The number of thiophene rings is 1. The molecule has 1 unspecified atom stereocenters. The van der Waals surface area contributed by atoms with E-state index in [-0.39, 0.29) is 5.54 Å². The molecule has 1 fully saturated rings. The Morgan fingerprint density at radius 2 is 2.08 bits per heavy atom. The van der Waals surface area contributed by atoms with Gasteiger partial charge < -0.3 is 20.3 Å². The Kier molecular flexibility index (Phi) is 8.34. The van der Waals surface area contributed by atoms with Gasteiger partial charge in [0.2, 0.25) is 0 Å². The van der Waals surface area contributed by atoms with Crippen LogP contribution in [0.1, 0.15) is 31.7 Å². The average molecular weight is 382 g/mol. The number of hydrogen-bond acceptors (Lipinski definition) is 5. The van der Waals surface area contributed by atoms with Crippen LogP contribution in [0, 0.1) is 0 Å². The van der Waals surface area contributed by atoms with E-state index in [1.807, 2.05) is 0 Å². The van der Waals surface area contributed by atoms with Gasteiger partial charge in [0.25, 0.3) is 0 Å². The molecule has 2 N–H and O–H groups in total. The van der Waals surface area contributed by atoms with E-state index in [0.29, 0.717) is 6.04 Å². The maximum Gasteiger partial charge on any atom is 0.191 e. The molecule has 0 aliphatic carbocycles. The molecular formula is C19H35N5OS. The molecule has 2 rings (SSSR count). The van der Waals surface area contributed by atoms with Crippen LogP contribution >= 0.6 is 11.3 Å². The molecule has 0 bridgehead atoms. The van der Waals surface area contributed by atoms with Crippen molar-refractivity contribution in [2.45, 2.75) is 32.4 Å². The average Bonchev–Trinajstić information content (AvgIpc) is 3.14. The number of aliphatic imine (C=N–C) groups is 1. The third-order valence-corrected chi connectivity index (χ3v) is 5.77. The van der Waals surface area contributed by atoms with Crippen molar-refractivity contribution in [1.82, 2.24) is 20.4 Å². The Morgan fingerprint density at radius 1 is 1.35 bits per heavy atom. The Labute approximate surface area is 162 Å². The quantitative estimate of drug-likeness (QED) is 0.533. The third kappa shape index (κ3) is 6.23. The summed E-state index contributed by atoms with van der Waals surface area (Å²) in [5.41, 5.74) is 0.0286. The maximum absolute atomic E-state index is 5.48. The summed E-state index contributed by atoms with van der Waals surface area (Å²) in [5.74, 6) is 0.886. The predicted octanol–water partition coefficient (Wildman–Crippen LogP) is 2.02. The molecule has 0 amide bonds. The summed E-state index contributed by atoms with van der Waals surface area (Å²) < 4.78 is 5.48. The highest BCUT2D eigenvalue weighted by Gasteiger charge is 2.28. The van der Waals surface area contributed by atoms with Crippen LogP contribution in [0.2, 0.25) is 0 Å². The summed E-state index contributed by atoms with van der Waals surface area (Å²) in [4.78, 5) is 11.0. The number of ether oxygens (including phenoxy) is 1. The molecule has 2 heterocycles. The first-order chi connectivity index (χ1) is 12.4. The molecule has 6 nitrogen and oxygen atoms in total. The fourth-order valence-corrected chi connectivity index (χ4v) is 4.02. The van der Waals surface area contributed by atoms with E-state index in [1.165, 1.54) is 4.88 Å². The second kappa shape index (κ2) is 10.3. The molecule has 0 aromatic carbocycles. The zero-order valence-corrected chi connectivity index (χ0v) is 17.7. The second-order valence-corrected chi connectivity index (χ2v) is 8.46. The van der Waals surface area contributed by atoms with Crippen molar-refractivity contribution in [2.24, 2.45) is 4.99 Å². The van der Waals surface area contributed by atoms with E-state index in [9.17, 15) is 0 Å². The lowest BCUT2D eigenvalue weighted by molar-refractivity contribution is -0.00684. The van der Waals surface area contributed by atoms with Gasteiger partial charge in [0.1, 0.15) is 0 Å². The van der Waals surface area contributed by atoms with Gasteiger partial charge in [-0.2, -0.15) is 0 Å². The number of nitrogens with one attached hydrogen (secondary N) is 2. The fraction of sp³-hybridized carbons (Fsp3) is 0.737. The van der Waals surface area contributed by atoms with Crippen LogP contribution in [-0.2, 0) is 4.74 Å². The molecule has 1 aromatic heterocycles. The van der Waals surface area contributed by atoms with Crippen molar-refractivity contribution in [3.05, 3.63) is 22.4 Å². The van der Waals surface area contributed by atoms with E-state index in [1.54, 1.807) is 11.3 Å². The van der Waals surface area contributed by atoms with Gasteiger partial charge in [0.05, 0.1) is 25.8 Å². The fourth-order valence-electron chi connectivity index (χ4n) is 3.09. The number of hydrogen-bond donors (Lipinski definition) is 2. The largest absolute Gasteiger partial charge is 0.379 e. The molecule has 1 saturated heterocycles. The van der Waals surface area contributed by atoms with Gasteiger partial charge in [-0.15, -0.1) is 11.3 Å². The van der Waals surface area contributed by atoms with Crippen LogP contribution in [0.5, 0.6) is 0 Å². The number of nitrogens with zero attached hydrogens (tertiary/aromatic N) is 3. The molecule has 0 saturated carbocycles. The molecule has 1 aliphatic heterocycles. The van der Waals surface area contributed by atoms with Crippen molar-refractivity contribution in [2.75, 3.05) is 60.0 Å². The van der Waals surface area contributed by atoms with Gasteiger partial charge in [-0.3, -0.25) is 9.89 Å². The molecule has 0 spiro atoms. The minimum absolute atomic E-state index is 0.0286. The van der Waals surface area contributed by atoms with Crippen molar-refractivity contribution in [3.8, 4) is 0 Å². The zero-order chi connectivity index (χ0) is 19.0. The summed E-state index contributed by atoms with van der Waals surface area (Å²) >= 11 is 1.80. The van der Waals surface area contributed by atoms with Gasteiger partial charge in [0, 0.05) is 36.6 Å².